The third-order valence-electron chi connectivity index (χ3n) is 6.54. The number of nitrogens with zero attached hydrogens (tertiary/aromatic N) is 3. The van der Waals surface area contributed by atoms with Crippen molar-refractivity contribution in [3.8, 4) is 11.6 Å². The minimum absolute atomic E-state index is 0.203. The Bertz CT molecular complexity index is 1300. The Balaban J connectivity index is 0.000000230. The van der Waals surface area contributed by atoms with Crippen molar-refractivity contribution in [2.75, 3.05) is 0 Å². The largest absolute Gasteiger partial charge is 0.439 e. The van der Waals surface area contributed by atoms with Crippen molar-refractivity contribution in [1.29, 1.82) is 0 Å². The van der Waals surface area contributed by atoms with Crippen molar-refractivity contribution in [3.05, 3.63) is 112 Å². The topological polar surface area (TPSA) is 68.9 Å². The van der Waals surface area contributed by atoms with E-state index in [1.54, 1.807) is 11.7 Å². The maximum Gasteiger partial charge on any atom is 0.226 e. The Hall–Kier alpha value is -3.90. The van der Waals surface area contributed by atoms with Crippen LogP contribution in [0, 0.1) is 6.92 Å². The van der Waals surface area contributed by atoms with Crippen molar-refractivity contribution in [2.45, 2.75) is 72.5 Å². The molecule has 0 bridgehead atoms. The summed E-state index contributed by atoms with van der Waals surface area (Å²) in [5, 5.41) is 15.9. The molecule has 3 aromatic carbocycles. The molecule has 0 aliphatic carbocycles. The van der Waals surface area contributed by atoms with Gasteiger partial charge in [-0.25, -0.2) is 4.68 Å². The lowest BCUT2D eigenvalue weighted by Crippen LogP contribution is -2.11. The van der Waals surface area contributed by atoms with Crippen LogP contribution in [-0.2, 0) is 35.8 Å². The zero-order chi connectivity index (χ0) is 29.3. The van der Waals surface area contributed by atoms with Crippen LogP contribution in [0.2, 0.25) is 0 Å². The lowest BCUT2D eigenvalue weighted by molar-refractivity contribution is 0.107. The molecule has 0 saturated heterocycles. The quantitative estimate of drug-likeness (QED) is 0.145. The second-order valence-corrected chi connectivity index (χ2v) is 12.0. The lowest BCUT2D eigenvalue weighted by Gasteiger charge is -2.19. The van der Waals surface area contributed by atoms with Crippen LogP contribution in [0.25, 0.3) is 0 Å². The highest BCUT2D eigenvalue weighted by atomic mass is 16.5. The first-order valence-electron chi connectivity index (χ1n) is 13.6. The van der Waals surface area contributed by atoms with Crippen LogP contribution in [-0.4, -0.2) is 21.2 Å². The molecule has 4 aromatic rings. The summed E-state index contributed by atoms with van der Waals surface area (Å²) in [5.41, 5.74) is 6.99. The molecule has 0 unspecified atom stereocenters. The molecule has 1 heterocycles. The van der Waals surface area contributed by atoms with Gasteiger partial charge in [-0.2, -0.15) is 5.10 Å². The van der Waals surface area contributed by atoms with E-state index in [0.717, 1.165) is 5.69 Å². The fourth-order valence-electron chi connectivity index (χ4n) is 4.07. The predicted octanol–water partition coefficient (Wildman–Crippen LogP) is 8.33. The molecule has 212 valence electrons. The molecular weight excluding hydrogens is 498 g/mol. The Morgan fingerprint density at radius 3 is 1.68 bits per heavy atom. The van der Waals surface area contributed by atoms with Gasteiger partial charge in [-0.3, -0.25) is 0 Å². The highest BCUT2D eigenvalue weighted by Crippen LogP contribution is 2.26. The Labute approximate surface area is 239 Å². The van der Waals surface area contributed by atoms with E-state index < -0.39 is 0 Å². The first kappa shape index (κ1) is 30.6. The third kappa shape index (κ3) is 8.82. The van der Waals surface area contributed by atoms with Crippen molar-refractivity contribution in [1.82, 2.24) is 9.78 Å². The molecular formula is C34H43N3O3. The summed E-state index contributed by atoms with van der Waals surface area (Å²) in [4.78, 5) is 0. The number of rotatable bonds is 7. The zero-order valence-electron chi connectivity index (χ0n) is 25.1. The van der Waals surface area contributed by atoms with E-state index in [4.69, 9.17) is 14.7 Å². The number of hydrogen-bond donors (Lipinski definition) is 1. The number of benzene rings is 3. The lowest BCUT2D eigenvalue weighted by atomic mass is 9.87. The van der Waals surface area contributed by atoms with Gasteiger partial charge in [0.15, 0.2) is 0 Å². The van der Waals surface area contributed by atoms with Gasteiger partial charge >= 0.3 is 0 Å². The maximum absolute atomic E-state index is 8.62. The molecule has 6 nitrogen and oxygen atoms in total. The smallest absolute Gasteiger partial charge is 0.226 e. The molecule has 4 rings (SSSR count). The van der Waals surface area contributed by atoms with E-state index in [1.165, 1.54) is 28.5 Å². The molecule has 0 atom stereocenters. The van der Waals surface area contributed by atoms with E-state index in [-0.39, 0.29) is 10.8 Å². The summed E-state index contributed by atoms with van der Waals surface area (Å²) in [7, 11) is 1.78. The molecule has 1 N–H and O–H groups in total. The van der Waals surface area contributed by atoms with Crippen LogP contribution < -0.4 is 4.74 Å². The van der Waals surface area contributed by atoms with Crippen molar-refractivity contribution in [3.63, 3.8) is 0 Å². The van der Waals surface area contributed by atoms with E-state index in [0.29, 0.717) is 30.4 Å². The van der Waals surface area contributed by atoms with E-state index in [9.17, 15) is 0 Å². The second kappa shape index (κ2) is 13.4. The van der Waals surface area contributed by atoms with Crippen molar-refractivity contribution in [2.24, 2.45) is 12.2 Å². The average Bonchev–Trinajstić information content (AvgIpc) is 3.16. The molecule has 0 saturated carbocycles. The minimum Gasteiger partial charge on any atom is -0.439 e. The number of para-hydroxylation sites is 1. The average molecular weight is 542 g/mol. The second-order valence-electron chi connectivity index (χ2n) is 12.0. The first-order valence-corrected chi connectivity index (χ1v) is 13.6. The maximum atomic E-state index is 8.62. The highest BCUT2D eigenvalue weighted by Gasteiger charge is 2.15. The Kier molecular flexibility index (Phi) is 10.3. The number of ether oxygens (including phenoxy) is 2. The Morgan fingerprint density at radius 1 is 0.775 bits per heavy atom. The fraction of sp³-hybridized carbons (Fsp3) is 0.353. The molecule has 0 aliphatic rings. The van der Waals surface area contributed by atoms with Crippen LogP contribution >= 0.6 is 0 Å². The van der Waals surface area contributed by atoms with Gasteiger partial charge in [0.1, 0.15) is 5.75 Å². The molecule has 0 spiro atoms. The number of oxime groups is 1. The molecule has 0 amide bonds. The van der Waals surface area contributed by atoms with Gasteiger partial charge in [-0.15, -0.1) is 0 Å². The normalized spacial score (nSPS) is 11.8. The van der Waals surface area contributed by atoms with Gasteiger partial charge in [-0.1, -0.05) is 113 Å². The molecule has 40 heavy (non-hydrogen) atoms. The van der Waals surface area contributed by atoms with Gasteiger partial charge in [0.05, 0.1) is 30.7 Å². The molecule has 0 aliphatic heterocycles. The number of hydrogen-bond acceptors (Lipinski definition) is 5. The number of aryl methyl sites for hydroxylation is 2. The predicted molar refractivity (Wildman–Crippen MR) is 163 cm³/mol. The summed E-state index contributed by atoms with van der Waals surface area (Å²) in [6.45, 7) is 16.6. The van der Waals surface area contributed by atoms with Crippen LogP contribution in [0.15, 0.2) is 84.0 Å². The third-order valence-corrected chi connectivity index (χ3v) is 6.54. The SMILES string of the molecule is CC(C)(C)c1ccc(COCc2ccc(C(C)(C)C)cc2)cc1.Cc1nn(C)c(Oc2ccccc2)c1/C=N/O. The monoisotopic (exact) mass is 541 g/mol. The minimum atomic E-state index is 0.203. The van der Waals surface area contributed by atoms with E-state index >= 15 is 0 Å². The highest BCUT2D eigenvalue weighted by molar-refractivity contribution is 5.84. The van der Waals surface area contributed by atoms with Gasteiger partial charge in [0, 0.05) is 7.05 Å². The van der Waals surface area contributed by atoms with Crippen LogP contribution in [0.3, 0.4) is 0 Å². The summed E-state index contributed by atoms with van der Waals surface area (Å²) in [5.74, 6) is 1.26. The van der Waals surface area contributed by atoms with Gasteiger partial charge in [-0.05, 0) is 52.1 Å². The summed E-state index contributed by atoms with van der Waals surface area (Å²) < 4.78 is 13.2. The molecule has 0 fully saturated rings. The summed E-state index contributed by atoms with van der Waals surface area (Å²) >= 11 is 0. The molecule has 0 radical (unpaired) electrons. The standard InChI is InChI=1S/C22H30O.C12H13N3O2/c1-21(2,3)19-11-7-17(8-12-19)15-23-16-18-9-13-20(14-10-18)22(4,5)6;1-9-11(8-13-16)12(15(2)14-9)17-10-6-4-3-5-7-10/h7-14H,15-16H2,1-6H3;3-8,16H,1-2H3/b;13-8+. The van der Waals surface area contributed by atoms with E-state index in [1.807, 2.05) is 37.3 Å². The van der Waals surface area contributed by atoms with Crippen molar-refractivity contribution < 1.29 is 14.7 Å². The van der Waals surface area contributed by atoms with E-state index in [2.05, 4.69) is 100 Å². The van der Waals surface area contributed by atoms with Crippen molar-refractivity contribution >= 4 is 6.21 Å². The Morgan fingerprint density at radius 2 is 1.25 bits per heavy atom. The number of aromatic nitrogens is 2. The summed E-state index contributed by atoms with van der Waals surface area (Å²) in [6.07, 6.45) is 1.32. The van der Waals surface area contributed by atoms with Crippen LogP contribution in [0.4, 0.5) is 0 Å². The van der Waals surface area contributed by atoms with Gasteiger partial charge in [0.2, 0.25) is 5.88 Å². The van der Waals surface area contributed by atoms with Crippen LogP contribution in [0.5, 0.6) is 11.6 Å². The van der Waals surface area contributed by atoms with Gasteiger partial charge in [0.25, 0.3) is 0 Å². The molecule has 6 heteroatoms. The molecule has 1 aromatic heterocycles. The summed E-state index contributed by atoms with van der Waals surface area (Å²) in [6, 6.07) is 26.9. The van der Waals surface area contributed by atoms with Crippen LogP contribution in [0.1, 0.15) is 75.1 Å². The zero-order valence-corrected chi connectivity index (χ0v) is 25.1. The van der Waals surface area contributed by atoms with Gasteiger partial charge < -0.3 is 14.7 Å². The fourth-order valence-corrected chi connectivity index (χ4v) is 4.07. The first-order chi connectivity index (χ1) is 18.9.